The molecule has 0 unspecified atom stereocenters. The second kappa shape index (κ2) is 11.8. The van der Waals surface area contributed by atoms with Gasteiger partial charge in [-0.2, -0.15) is 0 Å². The van der Waals surface area contributed by atoms with Crippen LogP contribution in [-0.2, 0) is 11.2 Å². The van der Waals surface area contributed by atoms with Gasteiger partial charge in [-0.1, -0.05) is 38.5 Å². The quantitative estimate of drug-likeness (QED) is 0.717. The number of dihydropyridines is 1. The molecule has 1 heterocycles. The maximum atomic E-state index is 13.6. The molecule has 146 valence electrons. The van der Waals surface area contributed by atoms with Crippen molar-refractivity contribution in [2.24, 2.45) is 0 Å². The van der Waals surface area contributed by atoms with E-state index >= 15 is 0 Å². The van der Waals surface area contributed by atoms with Crippen molar-refractivity contribution >= 4 is 5.91 Å². The second-order valence-corrected chi connectivity index (χ2v) is 6.14. The van der Waals surface area contributed by atoms with Gasteiger partial charge in [-0.25, -0.2) is 8.78 Å². The first-order valence-electron chi connectivity index (χ1n) is 9.10. The van der Waals surface area contributed by atoms with Gasteiger partial charge in [0.15, 0.2) is 0 Å². The predicted octanol–water partition coefficient (Wildman–Crippen LogP) is 4.93. The zero-order valence-electron chi connectivity index (χ0n) is 16.4. The summed E-state index contributed by atoms with van der Waals surface area (Å²) in [5.41, 5.74) is 2.87. The van der Waals surface area contributed by atoms with Crippen molar-refractivity contribution < 1.29 is 13.6 Å². The minimum Gasteiger partial charge on any atom is -0.387 e. The van der Waals surface area contributed by atoms with Gasteiger partial charge in [0.1, 0.15) is 11.6 Å². The van der Waals surface area contributed by atoms with E-state index in [1.165, 1.54) is 12.5 Å². The molecule has 2 N–H and O–H groups in total. The molecule has 2 rings (SSSR count). The highest BCUT2D eigenvalue weighted by Crippen LogP contribution is 2.16. The molecule has 5 heteroatoms. The van der Waals surface area contributed by atoms with E-state index in [1.54, 1.807) is 6.92 Å². The summed E-state index contributed by atoms with van der Waals surface area (Å²) in [6.45, 7) is 8.70. The third-order valence-electron chi connectivity index (χ3n) is 3.54. The summed E-state index contributed by atoms with van der Waals surface area (Å²) < 4.78 is 26.5. The molecule has 1 aliphatic rings. The predicted molar refractivity (Wildman–Crippen MR) is 107 cm³/mol. The lowest BCUT2D eigenvalue weighted by atomic mass is 10.0. The van der Waals surface area contributed by atoms with E-state index in [-0.39, 0.29) is 17.9 Å². The molecule has 0 saturated carbocycles. The number of nitrogens with one attached hydrogen (secondary N) is 2. The number of halogens is 2. The number of rotatable bonds is 5. The SMILES string of the molecule is C/C=C(\C=C(/C)NC(=O)Cc1ccc(F)cc1F)C1=CCNC=C1.CCC. The fourth-order valence-electron chi connectivity index (χ4n) is 2.37. The van der Waals surface area contributed by atoms with Gasteiger partial charge in [0.05, 0.1) is 6.42 Å². The summed E-state index contributed by atoms with van der Waals surface area (Å²) in [5.74, 6) is -1.72. The minimum absolute atomic E-state index is 0.144. The summed E-state index contributed by atoms with van der Waals surface area (Å²) in [6, 6.07) is 3.20. The molecule has 27 heavy (non-hydrogen) atoms. The molecular weight excluding hydrogens is 346 g/mol. The molecule has 0 radical (unpaired) electrons. The molecule has 1 aromatic carbocycles. The lowest BCUT2D eigenvalue weighted by Crippen LogP contribution is -2.24. The highest BCUT2D eigenvalue weighted by Gasteiger charge is 2.10. The van der Waals surface area contributed by atoms with Crippen molar-refractivity contribution in [1.82, 2.24) is 10.6 Å². The summed E-state index contributed by atoms with van der Waals surface area (Å²) >= 11 is 0. The molecule has 1 amide bonds. The number of amides is 1. The van der Waals surface area contributed by atoms with E-state index in [4.69, 9.17) is 0 Å². The van der Waals surface area contributed by atoms with Crippen molar-refractivity contribution in [3.63, 3.8) is 0 Å². The van der Waals surface area contributed by atoms with E-state index in [0.717, 1.165) is 29.8 Å². The van der Waals surface area contributed by atoms with Crippen molar-refractivity contribution in [2.45, 2.75) is 40.5 Å². The Kier molecular flexibility index (Phi) is 9.80. The molecule has 0 bridgehead atoms. The lowest BCUT2D eigenvalue weighted by molar-refractivity contribution is -0.119. The average molecular weight is 374 g/mol. The number of carbonyl (C=O) groups excluding carboxylic acids is 1. The van der Waals surface area contributed by atoms with Gasteiger partial charge in [-0.15, -0.1) is 0 Å². The molecule has 0 atom stereocenters. The van der Waals surface area contributed by atoms with Crippen LogP contribution >= 0.6 is 0 Å². The third kappa shape index (κ3) is 8.03. The Hall–Kier alpha value is -2.69. The largest absolute Gasteiger partial charge is 0.387 e. The zero-order valence-corrected chi connectivity index (χ0v) is 16.4. The van der Waals surface area contributed by atoms with Gasteiger partial charge in [0, 0.05) is 18.3 Å². The Morgan fingerprint density at radius 2 is 2.00 bits per heavy atom. The van der Waals surface area contributed by atoms with Crippen LogP contribution in [0.1, 0.15) is 39.7 Å². The van der Waals surface area contributed by atoms with E-state index in [9.17, 15) is 13.6 Å². The molecule has 0 aromatic heterocycles. The van der Waals surface area contributed by atoms with E-state index in [2.05, 4.69) is 30.6 Å². The first kappa shape index (κ1) is 22.4. The smallest absolute Gasteiger partial charge is 0.228 e. The first-order valence-corrected chi connectivity index (χ1v) is 9.10. The summed E-state index contributed by atoms with van der Waals surface area (Å²) in [7, 11) is 0. The molecule has 0 spiro atoms. The second-order valence-electron chi connectivity index (χ2n) is 6.14. The van der Waals surface area contributed by atoms with Crippen LogP contribution in [0.25, 0.3) is 0 Å². The van der Waals surface area contributed by atoms with Crippen LogP contribution in [0.5, 0.6) is 0 Å². The number of carbonyl (C=O) groups is 1. The van der Waals surface area contributed by atoms with E-state index in [0.29, 0.717) is 5.70 Å². The van der Waals surface area contributed by atoms with Crippen molar-refractivity contribution in [3.05, 3.63) is 82.7 Å². The highest BCUT2D eigenvalue weighted by atomic mass is 19.1. The Morgan fingerprint density at radius 1 is 1.30 bits per heavy atom. The Labute approximate surface area is 160 Å². The normalized spacial score (nSPS) is 13.9. The third-order valence-corrected chi connectivity index (χ3v) is 3.54. The van der Waals surface area contributed by atoms with E-state index in [1.807, 2.05) is 31.4 Å². The topological polar surface area (TPSA) is 41.1 Å². The van der Waals surface area contributed by atoms with Crippen molar-refractivity contribution in [3.8, 4) is 0 Å². The molecule has 0 saturated heterocycles. The van der Waals surface area contributed by atoms with Gasteiger partial charge in [-0.3, -0.25) is 4.79 Å². The molecule has 3 nitrogen and oxygen atoms in total. The average Bonchev–Trinajstić information content (AvgIpc) is 2.63. The Balaban J connectivity index is 0.00000114. The Morgan fingerprint density at radius 3 is 2.56 bits per heavy atom. The van der Waals surface area contributed by atoms with Crippen LogP contribution in [0.2, 0.25) is 0 Å². The summed E-state index contributed by atoms with van der Waals surface area (Å²) in [4.78, 5) is 12.0. The molecule has 0 aliphatic carbocycles. The molecule has 1 aliphatic heterocycles. The van der Waals surface area contributed by atoms with Crippen LogP contribution in [0.4, 0.5) is 8.78 Å². The zero-order chi connectivity index (χ0) is 20.2. The number of benzene rings is 1. The molecule has 0 fully saturated rings. The Bertz CT molecular complexity index is 762. The van der Waals surface area contributed by atoms with Gasteiger partial charge in [-0.05, 0) is 55.0 Å². The van der Waals surface area contributed by atoms with Crippen LogP contribution in [0, 0.1) is 11.6 Å². The lowest BCUT2D eigenvalue weighted by Gasteiger charge is -2.11. The van der Waals surface area contributed by atoms with Crippen LogP contribution < -0.4 is 10.6 Å². The fraction of sp³-hybridized carbons (Fsp3) is 0.318. The van der Waals surface area contributed by atoms with E-state index < -0.39 is 11.6 Å². The van der Waals surface area contributed by atoms with Crippen LogP contribution in [-0.4, -0.2) is 12.5 Å². The number of hydrogen-bond donors (Lipinski definition) is 2. The van der Waals surface area contributed by atoms with Crippen LogP contribution in [0.3, 0.4) is 0 Å². The maximum Gasteiger partial charge on any atom is 0.228 e. The van der Waals surface area contributed by atoms with Crippen LogP contribution in [0.15, 0.2) is 65.5 Å². The highest BCUT2D eigenvalue weighted by molar-refractivity contribution is 5.80. The molecular formula is C22H28F2N2O. The van der Waals surface area contributed by atoms with Crippen molar-refractivity contribution in [1.29, 1.82) is 0 Å². The molecule has 1 aromatic rings. The van der Waals surface area contributed by atoms with Crippen molar-refractivity contribution in [2.75, 3.05) is 6.54 Å². The standard InChI is InChI=1S/C19H20F2N2O.C3H8/c1-3-14(15-6-8-22-9-7-15)10-13(2)23-19(24)11-16-4-5-17(20)12-18(16)21;1-3-2/h3-8,10,12,22H,9,11H2,1-2H3,(H,23,24);3H2,1-2H3/b13-10+,14-3+;. The monoisotopic (exact) mass is 374 g/mol. The van der Waals surface area contributed by atoms with Gasteiger partial charge >= 0.3 is 0 Å². The maximum absolute atomic E-state index is 13.6. The minimum atomic E-state index is -0.717. The number of hydrogen-bond acceptors (Lipinski definition) is 2. The summed E-state index contributed by atoms with van der Waals surface area (Å²) in [6.07, 6.45) is 10.8. The fourth-order valence-corrected chi connectivity index (χ4v) is 2.37. The first-order chi connectivity index (χ1) is 12.9. The summed E-state index contributed by atoms with van der Waals surface area (Å²) in [5, 5.41) is 5.81. The number of allylic oxidation sites excluding steroid dienone is 6. The van der Waals surface area contributed by atoms with Gasteiger partial charge in [0.2, 0.25) is 5.91 Å². The van der Waals surface area contributed by atoms with Gasteiger partial charge in [0.25, 0.3) is 0 Å². The van der Waals surface area contributed by atoms with Gasteiger partial charge < -0.3 is 10.6 Å².